The van der Waals surface area contributed by atoms with Gasteiger partial charge in [0.25, 0.3) is 0 Å². The van der Waals surface area contributed by atoms with Gasteiger partial charge in [-0.15, -0.1) is 0 Å². The van der Waals surface area contributed by atoms with E-state index in [0.29, 0.717) is 6.61 Å². The van der Waals surface area contributed by atoms with Crippen molar-refractivity contribution in [3.05, 3.63) is 23.8 Å². The van der Waals surface area contributed by atoms with Crippen LogP contribution in [0.4, 0.5) is 0 Å². The van der Waals surface area contributed by atoms with E-state index < -0.39 is 0 Å². The highest BCUT2D eigenvalue weighted by atomic mass is 16.5. The molecule has 0 saturated heterocycles. The van der Waals surface area contributed by atoms with Gasteiger partial charge in [-0.1, -0.05) is 13.0 Å². The molecule has 1 aromatic carbocycles. The Morgan fingerprint density at radius 3 is 2.68 bits per heavy atom. The zero-order valence-electron chi connectivity index (χ0n) is 12.4. The average molecular weight is 267 g/mol. The first kappa shape index (κ1) is 15.8. The Bertz CT molecular complexity index is 368. The molecule has 4 heteroatoms. The predicted octanol–water partition coefficient (Wildman–Crippen LogP) is 2.61. The maximum Gasteiger partial charge on any atom is 0.127 e. The monoisotopic (exact) mass is 267 g/mol. The van der Waals surface area contributed by atoms with Crippen LogP contribution in [0.2, 0.25) is 0 Å². The van der Waals surface area contributed by atoms with Gasteiger partial charge in [-0.3, -0.25) is 0 Å². The van der Waals surface area contributed by atoms with E-state index in [1.54, 1.807) is 14.2 Å². The molecule has 108 valence electrons. The Hall–Kier alpha value is -1.26. The van der Waals surface area contributed by atoms with Crippen molar-refractivity contribution >= 4 is 0 Å². The standard InChI is InChI=1S/C15H25NO3/c1-5-16-11-13-6-7-14(18-4)10-15(13)19-12(2)8-9-17-3/h6-7,10,12,16H,5,8-9,11H2,1-4H3. The van der Waals surface area contributed by atoms with Crippen molar-refractivity contribution in [2.75, 3.05) is 27.4 Å². The van der Waals surface area contributed by atoms with E-state index in [0.717, 1.165) is 36.6 Å². The minimum Gasteiger partial charge on any atom is -0.497 e. The van der Waals surface area contributed by atoms with Crippen LogP contribution in [-0.2, 0) is 11.3 Å². The minimum absolute atomic E-state index is 0.118. The molecule has 0 heterocycles. The molecule has 0 saturated carbocycles. The number of hydrogen-bond acceptors (Lipinski definition) is 4. The van der Waals surface area contributed by atoms with E-state index in [2.05, 4.69) is 19.2 Å². The molecule has 0 aliphatic carbocycles. The first-order valence-corrected chi connectivity index (χ1v) is 6.74. The molecule has 0 bridgehead atoms. The maximum absolute atomic E-state index is 5.99. The lowest BCUT2D eigenvalue weighted by Gasteiger charge is -2.18. The van der Waals surface area contributed by atoms with Crippen LogP contribution in [0.25, 0.3) is 0 Å². The highest BCUT2D eigenvalue weighted by Crippen LogP contribution is 2.26. The van der Waals surface area contributed by atoms with Gasteiger partial charge in [0.2, 0.25) is 0 Å². The molecular formula is C15H25NO3. The molecule has 0 fully saturated rings. The van der Waals surface area contributed by atoms with E-state index in [-0.39, 0.29) is 6.10 Å². The zero-order valence-corrected chi connectivity index (χ0v) is 12.4. The molecule has 0 aliphatic rings. The molecule has 4 nitrogen and oxygen atoms in total. The summed E-state index contributed by atoms with van der Waals surface area (Å²) in [4.78, 5) is 0. The molecule has 1 N–H and O–H groups in total. The normalized spacial score (nSPS) is 12.2. The zero-order chi connectivity index (χ0) is 14.1. The van der Waals surface area contributed by atoms with Crippen LogP contribution in [0, 0.1) is 0 Å². The molecule has 1 rings (SSSR count). The topological polar surface area (TPSA) is 39.7 Å². The lowest BCUT2D eigenvalue weighted by atomic mass is 10.2. The van der Waals surface area contributed by atoms with Gasteiger partial charge in [-0.2, -0.15) is 0 Å². The number of methoxy groups -OCH3 is 2. The Morgan fingerprint density at radius 1 is 1.26 bits per heavy atom. The Kier molecular flexibility index (Phi) is 7.30. The van der Waals surface area contributed by atoms with Crippen molar-refractivity contribution in [3.63, 3.8) is 0 Å². The molecule has 1 atom stereocenters. The van der Waals surface area contributed by atoms with E-state index >= 15 is 0 Å². The van der Waals surface area contributed by atoms with E-state index in [9.17, 15) is 0 Å². The van der Waals surface area contributed by atoms with Crippen LogP contribution in [-0.4, -0.2) is 33.5 Å². The summed E-state index contributed by atoms with van der Waals surface area (Å²) in [6.07, 6.45) is 0.987. The van der Waals surface area contributed by atoms with Crippen molar-refractivity contribution in [2.45, 2.75) is 32.9 Å². The van der Waals surface area contributed by atoms with Gasteiger partial charge in [0.15, 0.2) is 0 Å². The number of benzene rings is 1. The summed E-state index contributed by atoms with van der Waals surface area (Å²) in [7, 11) is 3.37. The SMILES string of the molecule is CCNCc1ccc(OC)cc1OC(C)CCOC. The average Bonchev–Trinajstić information content (AvgIpc) is 2.43. The lowest BCUT2D eigenvalue weighted by molar-refractivity contribution is 0.134. The summed E-state index contributed by atoms with van der Waals surface area (Å²) in [5.41, 5.74) is 1.15. The van der Waals surface area contributed by atoms with Crippen molar-refractivity contribution < 1.29 is 14.2 Å². The lowest BCUT2D eigenvalue weighted by Crippen LogP contribution is -2.17. The number of rotatable bonds is 9. The van der Waals surface area contributed by atoms with Crippen LogP contribution in [0.15, 0.2) is 18.2 Å². The smallest absolute Gasteiger partial charge is 0.127 e. The van der Waals surface area contributed by atoms with Crippen molar-refractivity contribution in [2.24, 2.45) is 0 Å². The highest BCUT2D eigenvalue weighted by Gasteiger charge is 2.10. The first-order chi connectivity index (χ1) is 9.21. The molecular weight excluding hydrogens is 242 g/mol. The van der Waals surface area contributed by atoms with Crippen molar-refractivity contribution in [1.29, 1.82) is 0 Å². The summed E-state index contributed by atoms with van der Waals surface area (Å²) in [5.74, 6) is 1.69. The third-order valence-electron chi connectivity index (χ3n) is 2.90. The molecule has 1 unspecified atom stereocenters. The molecule has 0 radical (unpaired) electrons. The van der Waals surface area contributed by atoms with Crippen LogP contribution >= 0.6 is 0 Å². The third-order valence-corrected chi connectivity index (χ3v) is 2.90. The maximum atomic E-state index is 5.99. The van der Waals surface area contributed by atoms with E-state index in [4.69, 9.17) is 14.2 Å². The Balaban J connectivity index is 2.75. The fourth-order valence-electron chi connectivity index (χ4n) is 1.74. The number of nitrogens with one attached hydrogen (secondary N) is 1. The fraction of sp³-hybridized carbons (Fsp3) is 0.600. The predicted molar refractivity (Wildman–Crippen MR) is 77.0 cm³/mol. The number of hydrogen-bond donors (Lipinski definition) is 1. The molecule has 19 heavy (non-hydrogen) atoms. The first-order valence-electron chi connectivity index (χ1n) is 6.74. The summed E-state index contributed by atoms with van der Waals surface area (Å²) in [6.45, 7) is 6.58. The molecule has 1 aromatic rings. The van der Waals surface area contributed by atoms with Crippen LogP contribution in [0.1, 0.15) is 25.8 Å². The van der Waals surface area contributed by atoms with Crippen molar-refractivity contribution in [3.8, 4) is 11.5 Å². The summed E-state index contributed by atoms with van der Waals surface area (Å²) in [5, 5.41) is 3.31. The second-order valence-electron chi connectivity index (χ2n) is 4.46. The summed E-state index contributed by atoms with van der Waals surface area (Å²) >= 11 is 0. The van der Waals surface area contributed by atoms with Crippen LogP contribution in [0.3, 0.4) is 0 Å². The second-order valence-corrected chi connectivity index (χ2v) is 4.46. The van der Waals surface area contributed by atoms with Gasteiger partial charge in [0.1, 0.15) is 11.5 Å². The third kappa shape index (κ3) is 5.49. The van der Waals surface area contributed by atoms with Gasteiger partial charge in [0, 0.05) is 38.3 Å². The number of ether oxygens (including phenoxy) is 3. The van der Waals surface area contributed by atoms with Crippen molar-refractivity contribution in [1.82, 2.24) is 5.32 Å². The van der Waals surface area contributed by atoms with Crippen LogP contribution in [0.5, 0.6) is 11.5 Å². The summed E-state index contributed by atoms with van der Waals surface area (Å²) < 4.78 is 16.3. The van der Waals surface area contributed by atoms with Gasteiger partial charge >= 0.3 is 0 Å². The quantitative estimate of drug-likeness (QED) is 0.746. The second kappa shape index (κ2) is 8.77. The largest absolute Gasteiger partial charge is 0.497 e. The van der Waals surface area contributed by atoms with Gasteiger partial charge in [-0.25, -0.2) is 0 Å². The fourth-order valence-corrected chi connectivity index (χ4v) is 1.74. The van der Waals surface area contributed by atoms with Gasteiger partial charge in [0.05, 0.1) is 13.2 Å². The molecule has 0 aromatic heterocycles. The summed E-state index contributed by atoms with van der Waals surface area (Å²) in [6, 6.07) is 5.94. The van der Waals surface area contributed by atoms with E-state index in [1.807, 2.05) is 18.2 Å². The molecule has 0 spiro atoms. The Morgan fingerprint density at radius 2 is 2.05 bits per heavy atom. The van der Waals surface area contributed by atoms with Gasteiger partial charge in [-0.05, 0) is 19.5 Å². The van der Waals surface area contributed by atoms with Gasteiger partial charge < -0.3 is 19.5 Å². The Labute approximate surface area is 116 Å². The van der Waals surface area contributed by atoms with Crippen LogP contribution < -0.4 is 14.8 Å². The van der Waals surface area contributed by atoms with E-state index in [1.165, 1.54) is 0 Å². The molecule has 0 aliphatic heterocycles. The highest BCUT2D eigenvalue weighted by molar-refractivity contribution is 5.40. The molecule has 0 amide bonds. The minimum atomic E-state index is 0.118.